The van der Waals surface area contributed by atoms with E-state index in [9.17, 15) is 9.59 Å². The van der Waals surface area contributed by atoms with Crippen molar-refractivity contribution in [3.63, 3.8) is 0 Å². The van der Waals surface area contributed by atoms with E-state index in [1.807, 2.05) is 56.5 Å². The Morgan fingerprint density at radius 1 is 1.06 bits per heavy atom. The van der Waals surface area contributed by atoms with Crippen molar-refractivity contribution in [1.29, 1.82) is 0 Å². The lowest BCUT2D eigenvalue weighted by molar-refractivity contribution is -0.115. The number of nitrogens with one attached hydrogen (secondary N) is 1. The number of fused-ring (bicyclic) bond motifs is 1. The van der Waals surface area contributed by atoms with E-state index >= 15 is 0 Å². The maximum atomic E-state index is 13.3. The Labute approximate surface area is 183 Å². The summed E-state index contributed by atoms with van der Waals surface area (Å²) in [6, 6.07) is 16.5. The molecular formula is C27H28N2O2. The Hall–Kier alpha value is -3.40. The number of aromatic nitrogens is 1. The second-order valence-electron chi connectivity index (χ2n) is 8.57. The van der Waals surface area contributed by atoms with Gasteiger partial charge in [-0.1, -0.05) is 42.0 Å². The summed E-state index contributed by atoms with van der Waals surface area (Å²) in [4.78, 5) is 25.7. The zero-order valence-corrected chi connectivity index (χ0v) is 18.5. The van der Waals surface area contributed by atoms with Gasteiger partial charge in [-0.3, -0.25) is 9.59 Å². The number of carbonyl (C=O) groups excluding carboxylic acids is 2. The SMILES string of the molecule is CC1=CC(C)=C(CNC(=O)c2cc(-c3ccccc3)cc3c2ccn3C(C)C)C(=O)C1. The first kappa shape index (κ1) is 20.9. The summed E-state index contributed by atoms with van der Waals surface area (Å²) in [6.07, 6.45) is 4.49. The molecule has 4 heteroatoms. The highest BCUT2D eigenvalue weighted by atomic mass is 16.2. The van der Waals surface area contributed by atoms with Gasteiger partial charge in [-0.15, -0.1) is 0 Å². The lowest BCUT2D eigenvalue weighted by atomic mass is 9.92. The number of ketones is 1. The number of amides is 1. The lowest BCUT2D eigenvalue weighted by Crippen LogP contribution is -2.29. The first-order valence-corrected chi connectivity index (χ1v) is 10.7. The minimum Gasteiger partial charge on any atom is -0.348 e. The molecule has 0 saturated carbocycles. The number of hydrogen-bond donors (Lipinski definition) is 1. The van der Waals surface area contributed by atoms with Crippen molar-refractivity contribution in [1.82, 2.24) is 9.88 Å². The zero-order chi connectivity index (χ0) is 22.1. The molecule has 0 aliphatic heterocycles. The largest absolute Gasteiger partial charge is 0.348 e. The van der Waals surface area contributed by atoms with Crippen molar-refractivity contribution >= 4 is 22.6 Å². The van der Waals surface area contributed by atoms with Crippen molar-refractivity contribution in [3.05, 3.63) is 83.1 Å². The van der Waals surface area contributed by atoms with Crippen LogP contribution in [0, 0.1) is 0 Å². The third kappa shape index (κ3) is 4.11. The molecule has 0 fully saturated rings. The summed E-state index contributed by atoms with van der Waals surface area (Å²) in [5.74, 6) is -0.0735. The summed E-state index contributed by atoms with van der Waals surface area (Å²) >= 11 is 0. The van der Waals surface area contributed by atoms with Gasteiger partial charge in [0.2, 0.25) is 0 Å². The van der Waals surface area contributed by atoms with E-state index in [2.05, 4.69) is 41.9 Å². The predicted octanol–water partition coefficient (Wildman–Crippen LogP) is 5.85. The minimum absolute atomic E-state index is 0.0898. The molecule has 4 rings (SSSR count). The van der Waals surface area contributed by atoms with Gasteiger partial charge in [0, 0.05) is 47.2 Å². The van der Waals surface area contributed by atoms with Crippen molar-refractivity contribution in [2.75, 3.05) is 6.54 Å². The molecule has 0 radical (unpaired) electrons. The summed E-state index contributed by atoms with van der Waals surface area (Å²) in [5, 5.41) is 3.92. The molecule has 3 aromatic rings. The number of benzene rings is 2. The van der Waals surface area contributed by atoms with Crippen LogP contribution in [0.15, 0.2) is 77.5 Å². The van der Waals surface area contributed by atoms with Gasteiger partial charge >= 0.3 is 0 Å². The standard InChI is InChI=1S/C27H28N2O2/c1-17(2)29-11-10-22-23(14-21(15-25(22)29)20-8-6-5-7-9-20)27(31)28-16-24-19(4)12-18(3)13-26(24)30/h5-12,14-15,17H,13,16H2,1-4H3,(H,28,31). The smallest absolute Gasteiger partial charge is 0.252 e. The molecule has 1 aliphatic carbocycles. The van der Waals surface area contributed by atoms with Crippen LogP contribution in [0.2, 0.25) is 0 Å². The van der Waals surface area contributed by atoms with Gasteiger partial charge in [-0.25, -0.2) is 0 Å². The van der Waals surface area contributed by atoms with Crippen LogP contribution >= 0.6 is 0 Å². The van der Waals surface area contributed by atoms with Crippen molar-refractivity contribution < 1.29 is 9.59 Å². The molecule has 0 bridgehead atoms. The highest BCUT2D eigenvalue weighted by molar-refractivity contribution is 6.09. The summed E-state index contributed by atoms with van der Waals surface area (Å²) in [5.41, 5.74) is 6.41. The second kappa shape index (κ2) is 8.38. The lowest BCUT2D eigenvalue weighted by Gasteiger charge is -2.17. The Morgan fingerprint density at radius 3 is 2.48 bits per heavy atom. The number of rotatable bonds is 5. The molecule has 158 valence electrons. The number of nitrogens with zero attached hydrogens (tertiary/aromatic N) is 1. The third-order valence-electron chi connectivity index (χ3n) is 5.89. The van der Waals surface area contributed by atoms with E-state index in [-0.39, 0.29) is 24.3 Å². The van der Waals surface area contributed by atoms with Crippen LogP contribution in [0.3, 0.4) is 0 Å². The van der Waals surface area contributed by atoms with Crippen molar-refractivity contribution in [2.24, 2.45) is 0 Å². The maximum absolute atomic E-state index is 13.3. The number of Topliss-reactive ketones (excluding diaryl/α,β-unsaturated/α-hetero) is 1. The first-order chi connectivity index (χ1) is 14.8. The molecule has 31 heavy (non-hydrogen) atoms. The topological polar surface area (TPSA) is 51.1 Å². The van der Waals surface area contributed by atoms with Gasteiger partial charge in [0.1, 0.15) is 0 Å². The fourth-order valence-corrected chi connectivity index (χ4v) is 4.29. The van der Waals surface area contributed by atoms with Crippen LogP contribution in [-0.2, 0) is 4.79 Å². The van der Waals surface area contributed by atoms with Crippen molar-refractivity contribution in [2.45, 2.75) is 40.2 Å². The van der Waals surface area contributed by atoms with E-state index in [0.717, 1.165) is 33.2 Å². The Morgan fingerprint density at radius 2 is 1.81 bits per heavy atom. The number of carbonyl (C=O) groups is 2. The molecule has 1 aromatic heterocycles. The fourth-order valence-electron chi connectivity index (χ4n) is 4.29. The average molecular weight is 413 g/mol. The summed E-state index contributed by atoms with van der Waals surface area (Å²) in [6.45, 7) is 8.40. The molecule has 1 heterocycles. The van der Waals surface area contributed by atoms with Crippen LogP contribution in [0.4, 0.5) is 0 Å². The van der Waals surface area contributed by atoms with Crippen LogP contribution in [-0.4, -0.2) is 22.8 Å². The van der Waals surface area contributed by atoms with E-state index < -0.39 is 0 Å². The van der Waals surface area contributed by atoms with Gasteiger partial charge in [-0.2, -0.15) is 0 Å². The summed E-state index contributed by atoms with van der Waals surface area (Å²) in [7, 11) is 0. The van der Waals surface area contributed by atoms with Gasteiger partial charge in [-0.05, 0) is 62.6 Å². The maximum Gasteiger partial charge on any atom is 0.252 e. The highest BCUT2D eigenvalue weighted by Crippen LogP contribution is 2.30. The van der Waals surface area contributed by atoms with E-state index in [4.69, 9.17) is 0 Å². The Bertz CT molecular complexity index is 1230. The molecule has 1 aliphatic rings. The van der Waals surface area contributed by atoms with E-state index in [1.165, 1.54) is 0 Å². The van der Waals surface area contributed by atoms with Gasteiger partial charge in [0.25, 0.3) is 5.91 Å². The van der Waals surface area contributed by atoms with Crippen molar-refractivity contribution in [3.8, 4) is 11.1 Å². The molecule has 0 saturated heterocycles. The Kier molecular flexibility index (Phi) is 5.64. The third-order valence-corrected chi connectivity index (χ3v) is 5.89. The van der Waals surface area contributed by atoms with Crippen LogP contribution < -0.4 is 5.32 Å². The van der Waals surface area contributed by atoms with Crippen LogP contribution in [0.1, 0.15) is 50.5 Å². The van der Waals surface area contributed by atoms with Gasteiger partial charge in [0.15, 0.2) is 5.78 Å². The molecule has 4 nitrogen and oxygen atoms in total. The average Bonchev–Trinajstić information content (AvgIpc) is 3.17. The fraction of sp³-hybridized carbons (Fsp3) is 0.259. The molecule has 1 amide bonds. The minimum atomic E-state index is -0.163. The molecule has 0 spiro atoms. The zero-order valence-electron chi connectivity index (χ0n) is 18.5. The van der Waals surface area contributed by atoms with E-state index in [1.54, 1.807) is 0 Å². The quantitative estimate of drug-likeness (QED) is 0.571. The number of hydrogen-bond acceptors (Lipinski definition) is 2. The normalized spacial score (nSPS) is 14.4. The molecule has 2 aromatic carbocycles. The molecule has 0 atom stereocenters. The Balaban J connectivity index is 1.73. The predicted molar refractivity (Wildman–Crippen MR) is 126 cm³/mol. The van der Waals surface area contributed by atoms with Gasteiger partial charge in [0.05, 0.1) is 0 Å². The van der Waals surface area contributed by atoms with E-state index in [0.29, 0.717) is 17.6 Å². The molecular weight excluding hydrogens is 384 g/mol. The van der Waals surface area contributed by atoms with Crippen LogP contribution in [0.25, 0.3) is 22.0 Å². The highest BCUT2D eigenvalue weighted by Gasteiger charge is 2.20. The molecule has 0 unspecified atom stereocenters. The first-order valence-electron chi connectivity index (χ1n) is 10.7. The monoisotopic (exact) mass is 412 g/mol. The second-order valence-corrected chi connectivity index (χ2v) is 8.57. The molecule has 1 N–H and O–H groups in total. The van der Waals surface area contributed by atoms with Gasteiger partial charge < -0.3 is 9.88 Å². The number of allylic oxidation sites excluding steroid dienone is 3. The van der Waals surface area contributed by atoms with Crippen LogP contribution in [0.5, 0.6) is 0 Å². The summed E-state index contributed by atoms with van der Waals surface area (Å²) < 4.78 is 2.18.